The molecule has 2 aliphatic heterocycles. The second kappa shape index (κ2) is 7.13. The summed E-state index contributed by atoms with van der Waals surface area (Å²) in [5.74, 6) is 0.886. The highest BCUT2D eigenvalue weighted by atomic mass is 32.2. The van der Waals surface area contributed by atoms with Crippen molar-refractivity contribution in [3.63, 3.8) is 0 Å². The van der Waals surface area contributed by atoms with Crippen LogP contribution in [0.15, 0.2) is 23.1 Å². The van der Waals surface area contributed by atoms with Gasteiger partial charge in [0.1, 0.15) is 18.1 Å². The molecular formula is C18H26N2O4S. The molecule has 0 unspecified atom stereocenters. The van der Waals surface area contributed by atoms with E-state index >= 15 is 0 Å². The SMILES string of the molecule is O=S(=O)(c1cccc2c1OCCO2)N1CCN(C2CCCCC2)CC1. The lowest BCUT2D eigenvalue weighted by atomic mass is 9.94. The van der Waals surface area contributed by atoms with Crippen LogP contribution in [-0.2, 0) is 10.0 Å². The number of rotatable bonds is 3. The first-order chi connectivity index (χ1) is 12.2. The molecule has 138 valence electrons. The third-order valence-electron chi connectivity index (χ3n) is 5.51. The van der Waals surface area contributed by atoms with E-state index in [0.717, 1.165) is 13.1 Å². The van der Waals surface area contributed by atoms with Gasteiger partial charge in [-0.15, -0.1) is 0 Å². The van der Waals surface area contributed by atoms with Gasteiger partial charge in [-0.2, -0.15) is 4.31 Å². The van der Waals surface area contributed by atoms with E-state index in [-0.39, 0.29) is 4.90 Å². The molecule has 3 aliphatic rings. The van der Waals surface area contributed by atoms with E-state index in [9.17, 15) is 8.42 Å². The van der Waals surface area contributed by atoms with Crippen LogP contribution < -0.4 is 9.47 Å². The summed E-state index contributed by atoms with van der Waals surface area (Å²) in [6.45, 7) is 3.56. The lowest BCUT2D eigenvalue weighted by Gasteiger charge is -2.40. The van der Waals surface area contributed by atoms with Gasteiger partial charge in [-0.1, -0.05) is 25.3 Å². The first-order valence-electron chi connectivity index (χ1n) is 9.29. The lowest BCUT2D eigenvalue weighted by molar-refractivity contribution is 0.111. The number of fused-ring (bicyclic) bond motifs is 1. The molecule has 1 aromatic rings. The molecule has 0 atom stereocenters. The number of nitrogens with zero attached hydrogens (tertiary/aromatic N) is 2. The number of sulfonamides is 1. The summed E-state index contributed by atoms with van der Waals surface area (Å²) in [5.41, 5.74) is 0. The Balaban J connectivity index is 1.49. The number of para-hydroxylation sites is 1. The molecule has 2 fully saturated rings. The highest BCUT2D eigenvalue weighted by molar-refractivity contribution is 7.89. The quantitative estimate of drug-likeness (QED) is 0.820. The maximum Gasteiger partial charge on any atom is 0.246 e. The zero-order chi connectivity index (χ0) is 17.3. The molecule has 6 nitrogen and oxygen atoms in total. The van der Waals surface area contributed by atoms with Gasteiger partial charge in [0.05, 0.1) is 0 Å². The average Bonchev–Trinajstić information content (AvgIpc) is 2.68. The number of piperazine rings is 1. The fourth-order valence-electron chi connectivity index (χ4n) is 4.14. The van der Waals surface area contributed by atoms with E-state index in [1.807, 2.05) is 0 Å². The Morgan fingerprint density at radius 1 is 0.920 bits per heavy atom. The highest BCUT2D eigenvalue weighted by Gasteiger charge is 2.34. The van der Waals surface area contributed by atoms with Gasteiger partial charge in [0.2, 0.25) is 10.0 Å². The van der Waals surface area contributed by atoms with Gasteiger partial charge in [-0.3, -0.25) is 4.90 Å². The van der Waals surface area contributed by atoms with Crippen molar-refractivity contribution in [2.45, 2.75) is 43.0 Å². The van der Waals surface area contributed by atoms with Gasteiger partial charge in [0, 0.05) is 32.2 Å². The molecule has 25 heavy (non-hydrogen) atoms. The minimum atomic E-state index is -3.56. The fraction of sp³-hybridized carbons (Fsp3) is 0.667. The van der Waals surface area contributed by atoms with Crippen molar-refractivity contribution in [1.29, 1.82) is 0 Å². The molecular weight excluding hydrogens is 340 g/mol. The van der Waals surface area contributed by atoms with Gasteiger partial charge in [-0.25, -0.2) is 8.42 Å². The third-order valence-corrected chi connectivity index (χ3v) is 7.43. The van der Waals surface area contributed by atoms with Crippen LogP contribution in [0.25, 0.3) is 0 Å². The molecule has 0 amide bonds. The molecule has 1 aliphatic carbocycles. The molecule has 0 radical (unpaired) electrons. The Kier molecular flexibility index (Phi) is 4.88. The molecule has 0 spiro atoms. The van der Waals surface area contributed by atoms with E-state index in [0.29, 0.717) is 43.8 Å². The van der Waals surface area contributed by atoms with E-state index < -0.39 is 10.0 Å². The Labute approximate surface area is 149 Å². The summed E-state index contributed by atoms with van der Waals surface area (Å²) < 4.78 is 39.0. The molecule has 0 bridgehead atoms. The molecule has 0 N–H and O–H groups in total. The van der Waals surface area contributed by atoms with Crippen molar-refractivity contribution in [2.24, 2.45) is 0 Å². The first kappa shape index (κ1) is 17.1. The van der Waals surface area contributed by atoms with Crippen LogP contribution >= 0.6 is 0 Å². The number of hydrogen-bond acceptors (Lipinski definition) is 5. The van der Waals surface area contributed by atoms with E-state index in [1.54, 1.807) is 22.5 Å². The van der Waals surface area contributed by atoms with E-state index in [1.165, 1.54) is 32.1 Å². The van der Waals surface area contributed by atoms with Gasteiger partial charge in [0.25, 0.3) is 0 Å². The molecule has 7 heteroatoms. The summed E-state index contributed by atoms with van der Waals surface area (Å²) in [6, 6.07) is 5.74. The number of benzene rings is 1. The zero-order valence-corrected chi connectivity index (χ0v) is 15.3. The summed E-state index contributed by atoms with van der Waals surface area (Å²) >= 11 is 0. The van der Waals surface area contributed by atoms with Crippen LogP contribution in [0.3, 0.4) is 0 Å². The van der Waals surface area contributed by atoms with Gasteiger partial charge in [-0.05, 0) is 25.0 Å². The normalized spacial score (nSPS) is 23.5. The Morgan fingerprint density at radius 3 is 2.40 bits per heavy atom. The summed E-state index contributed by atoms with van der Waals surface area (Å²) in [4.78, 5) is 2.71. The summed E-state index contributed by atoms with van der Waals surface area (Å²) in [6.07, 6.45) is 6.45. The predicted octanol–water partition coefficient (Wildman–Crippen LogP) is 2.10. The minimum absolute atomic E-state index is 0.232. The second-order valence-corrected chi connectivity index (χ2v) is 8.92. The van der Waals surface area contributed by atoms with Crippen molar-refractivity contribution in [3.8, 4) is 11.5 Å². The maximum atomic E-state index is 13.1. The molecule has 2 heterocycles. The first-order valence-corrected chi connectivity index (χ1v) is 10.7. The van der Waals surface area contributed by atoms with Crippen molar-refractivity contribution in [1.82, 2.24) is 9.21 Å². The maximum absolute atomic E-state index is 13.1. The molecule has 4 rings (SSSR count). The third kappa shape index (κ3) is 3.37. The smallest absolute Gasteiger partial charge is 0.246 e. The van der Waals surface area contributed by atoms with Crippen molar-refractivity contribution in [2.75, 3.05) is 39.4 Å². The van der Waals surface area contributed by atoms with Crippen molar-refractivity contribution in [3.05, 3.63) is 18.2 Å². The lowest BCUT2D eigenvalue weighted by Crippen LogP contribution is -2.52. The zero-order valence-electron chi connectivity index (χ0n) is 14.5. The molecule has 1 aromatic carbocycles. The monoisotopic (exact) mass is 366 g/mol. The number of ether oxygens (including phenoxy) is 2. The van der Waals surface area contributed by atoms with E-state index in [2.05, 4.69) is 4.90 Å². The predicted molar refractivity (Wildman–Crippen MR) is 94.6 cm³/mol. The van der Waals surface area contributed by atoms with Crippen LogP contribution in [0.4, 0.5) is 0 Å². The fourth-order valence-corrected chi connectivity index (χ4v) is 5.71. The van der Waals surface area contributed by atoms with Crippen LogP contribution in [-0.4, -0.2) is 63.1 Å². The summed E-state index contributed by atoms with van der Waals surface area (Å²) in [5, 5.41) is 0. The summed E-state index contributed by atoms with van der Waals surface area (Å²) in [7, 11) is -3.56. The topological polar surface area (TPSA) is 59.1 Å². The molecule has 1 saturated heterocycles. The number of hydrogen-bond donors (Lipinski definition) is 0. The molecule has 0 aromatic heterocycles. The van der Waals surface area contributed by atoms with Gasteiger partial charge < -0.3 is 9.47 Å². The minimum Gasteiger partial charge on any atom is -0.486 e. The average molecular weight is 366 g/mol. The van der Waals surface area contributed by atoms with Crippen molar-refractivity contribution < 1.29 is 17.9 Å². The Bertz CT molecular complexity index is 708. The van der Waals surface area contributed by atoms with Crippen LogP contribution in [0.5, 0.6) is 11.5 Å². The van der Waals surface area contributed by atoms with Crippen LogP contribution in [0, 0.1) is 0 Å². The standard InChI is InChI=1S/C18H26N2O4S/c21-25(22,17-8-4-7-16-18(17)24-14-13-23-16)20-11-9-19(10-12-20)15-5-2-1-3-6-15/h4,7-8,15H,1-3,5-6,9-14H2. The Morgan fingerprint density at radius 2 is 1.64 bits per heavy atom. The van der Waals surface area contributed by atoms with Gasteiger partial charge in [0.15, 0.2) is 11.5 Å². The highest BCUT2D eigenvalue weighted by Crippen LogP contribution is 2.38. The molecule has 1 saturated carbocycles. The van der Waals surface area contributed by atoms with Gasteiger partial charge >= 0.3 is 0 Å². The van der Waals surface area contributed by atoms with E-state index in [4.69, 9.17) is 9.47 Å². The van der Waals surface area contributed by atoms with Crippen LogP contribution in [0.2, 0.25) is 0 Å². The largest absolute Gasteiger partial charge is 0.486 e. The van der Waals surface area contributed by atoms with Crippen LogP contribution in [0.1, 0.15) is 32.1 Å². The Hall–Kier alpha value is -1.31. The second-order valence-electron chi connectivity index (χ2n) is 7.01. The van der Waals surface area contributed by atoms with Crippen molar-refractivity contribution >= 4 is 10.0 Å².